The van der Waals surface area contributed by atoms with E-state index >= 15 is 0 Å². The molecule has 0 bridgehead atoms. The van der Waals surface area contributed by atoms with E-state index in [1.54, 1.807) is 0 Å². The van der Waals surface area contributed by atoms with Gasteiger partial charge in [-0.1, -0.05) is 60.7 Å². The third kappa shape index (κ3) is 3.61. The van der Waals surface area contributed by atoms with Crippen molar-refractivity contribution in [3.05, 3.63) is 65.3 Å². The van der Waals surface area contributed by atoms with Crippen LogP contribution in [0, 0.1) is 0 Å². The highest BCUT2D eigenvalue weighted by Gasteiger charge is 2.14. The zero-order valence-electron chi connectivity index (χ0n) is 14.3. The second-order valence-electron chi connectivity index (χ2n) is 6.43. The Labute approximate surface area is 152 Å². The Hall–Kier alpha value is -2.70. The third-order valence-corrected chi connectivity index (χ3v) is 5.06. The lowest BCUT2D eigenvalue weighted by molar-refractivity contribution is 0.581. The first-order chi connectivity index (χ1) is 12.5. The molecule has 0 saturated heterocycles. The number of aromatic nitrogens is 2. The average molecular weight is 365 g/mol. The summed E-state index contributed by atoms with van der Waals surface area (Å²) in [5, 5.41) is 1.71. The highest BCUT2D eigenvalue weighted by atomic mass is 32.2. The van der Waals surface area contributed by atoms with Crippen LogP contribution in [0.25, 0.3) is 34.7 Å². The number of nitrogens with one attached hydrogen (secondary N) is 2. The summed E-state index contributed by atoms with van der Waals surface area (Å²) in [6.07, 6.45) is 5.60. The molecule has 6 heteroatoms. The summed E-state index contributed by atoms with van der Waals surface area (Å²) in [5.74, 6) is 0.780. The maximum atomic E-state index is 11.4. The van der Waals surface area contributed by atoms with Crippen molar-refractivity contribution >= 4 is 22.2 Å². The van der Waals surface area contributed by atoms with Crippen molar-refractivity contribution in [1.29, 1.82) is 0 Å². The molecule has 0 fully saturated rings. The molecular formula is C20H19N3O2S. The van der Waals surface area contributed by atoms with Crippen LogP contribution in [0.4, 0.5) is 0 Å². The summed E-state index contributed by atoms with van der Waals surface area (Å²) in [6, 6.07) is 18.2. The fraction of sp³-hybridized carbons (Fsp3) is 0.150. The van der Waals surface area contributed by atoms with Crippen LogP contribution in [0.3, 0.4) is 0 Å². The van der Waals surface area contributed by atoms with E-state index in [0.717, 1.165) is 27.6 Å². The Bertz CT molecular complexity index is 1150. The monoisotopic (exact) mass is 365 g/mol. The number of benzene rings is 2. The molecule has 2 N–H and O–H groups in total. The van der Waals surface area contributed by atoms with Crippen molar-refractivity contribution in [3.63, 3.8) is 0 Å². The largest absolute Gasteiger partial charge is 0.338 e. The van der Waals surface area contributed by atoms with Gasteiger partial charge in [0.15, 0.2) is 0 Å². The van der Waals surface area contributed by atoms with E-state index in [9.17, 15) is 8.42 Å². The molecule has 1 aromatic heterocycles. The Morgan fingerprint density at radius 2 is 1.65 bits per heavy atom. The molecule has 26 heavy (non-hydrogen) atoms. The number of H-pyrrole nitrogens is 1. The molecule has 1 aliphatic rings. The first-order valence-electron chi connectivity index (χ1n) is 8.39. The lowest BCUT2D eigenvalue weighted by Gasteiger charge is -2.12. The minimum atomic E-state index is -3.24. The molecule has 2 aromatic carbocycles. The average Bonchev–Trinajstić information content (AvgIpc) is 3.04. The third-order valence-electron chi connectivity index (χ3n) is 4.33. The number of sulfonamides is 1. The van der Waals surface area contributed by atoms with E-state index in [1.807, 2.05) is 42.5 Å². The Balaban J connectivity index is 1.64. The molecule has 1 aliphatic carbocycles. The molecular weight excluding hydrogens is 346 g/mol. The summed E-state index contributed by atoms with van der Waals surface area (Å²) in [7, 11) is -3.24. The second-order valence-corrected chi connectivity index (χ2v) is 8.21. The van der Waals surface area contributed by atoms with Gasteiger partial charge in [-0.05, 0) is 23.6 Å². The molecule has 132 valence electrons. The van der Waals surface area contributed by atoms with Gasteiger partial charge in [0.2, 0.25) is 10.0 Å². The molecule has 5 nitrogen and oxygen atoms in total. The van der Waals surface area contributed by atoms with E-state index in [1.165, 1.54) is 11.8 Å². The lowest BCUT2D eigenvalue weighted by atomic mass is 10.0. The molecule has 1 atom stereocenters. The fourth-order valence-corrected chi connectivity index (χ4v) is 3.85. The van der Waals surface area contributed by atoms with Crippen molar-refractivity contribution in [1.82, 2.24) is 14.7 Å². The summed E-state index contributed by atoms with van der Waals surface area (Å²) < 4.78 is 25.4. The van der Waals surface area contributed by atoms with Gasteiger partial charge in [-0.2, -0.15) is 0 Å². The van der Waals surface area contributed by atoms with Crippen LogP contribution in [0.2, 0.25) is 0 Å². The van der Waals surface area contributed by atoms with Crippen LogP contribution in [-0.4, -0.2) is 30.7 Å². The van der Waals surface area contributed by atoms with Crippen LogP contribution < -0.4 is 15.4 Å². The maximum absolute atomic E-state index is 11.4. The zero-order chi connectivity index (χ0) is 18.1. The van der Waals surface area contributed by atoms with Gasteiger partial charge in [0.1, 0.15) is 5.82 Å². The number of hydrogen-bond acceptors (Lipinski definition) is 3. The van der Waals surface area contributed by atoms with E-state index in [4.69, 9.17) is 0 Å². The van der Waals surface area contributed by atoms with Crippen molar-refractivity contribution in [3.8, 4) is 22.5 Å². The van der Waals surface area contributed by atoms with E-state index in [-0.39, 0.29) is 6.04 Å². The molecule has 3 aromatic rings. The minimum Gasteiger partial charge on any atom is -0.338 e. The van der Waals surface area contributed by atoms with Gasteiger partial charge in [-0.15, -0.1) is 0 Å². The van der Waals surface area contributed by atoms with Crippen LogP contribution >= 0.6 is 0 Å². The van der Waals surface area contributed by atoms with E-state index in [0.29, 0.717) is 6.42 Å². The SMILES string of the molecule is CS(=O)(=O)NC1C=c2[nH]c(-c3ccc(-c4ccccc4)cc3)nc2=CC1. The number of fused-ring (bicyclic) bond motifs is 1. The highest BCUT2D eigenvalue weighted by molar-refractivity contribution is 7.88. The first-order valence-corrected chi connectivity index (χ1v) is 10.3. The Morgan fingerprint density at radius 1 is 1.00 bits per heavy atom. The first kappa shape index (κ1) is 16.8. The van der Waals surface area contributed by atoms with Gasteiger partial charge in [0.05, 0.1) is 17.0 Å². The molecule has 1 heterocycles. The fourth-order valence-electron chi connectivity index (χ4n) is 3.14. The highest BCUT2D eigenvalue weighted by Crippen LogP contribution is 2.22. The summed E-state index contributed by atoms with van der Waals surface area (Å²) >= 11 is 0. The molecule has 0 saturated carbocycles. The van der Waals surface area contributed by atoms with Crippen LogP contribution in [-0.2, 0) is 10.0 Å². The topological polar surface area (TPSA) is 74.8 Å². The summed E-state index contributed by atoms with van der Waals surface area (Å²) in [5.41, 5.74) is 3.32. The Kier molecular flexibility index (Phi) is 4.22. The molecule has 0 radical (unpaired) electrons. The van der Waals surface area contributed by atoms with Crippen molar-refractivity contribution in [2.24, 2.45) is 0 Å². The quantitative estimate of drug-likeness (QED) is 0.738. The van der Waals surface area contributed by atoms with Crippen LogP contribution in [0.1, 0.15) is 6.42 Å². The standard InChI is InChI=1S/C20H19N3O2S/c1-26(24,25)23-17-11-12-18-19(13-17)22-20(21-18)16-9-7-15(8-10-16)14-5-3-2-4-6-14/h2-10,12-13,17,23H,11H2,1H3,(H,21,22). The normalized spacial score (nSPS) is 16.4. The lowest BCUT2D eigenvalue weighted by Crippen LogP contribution is -2.39. The Morgan fingerprint density at radius 3 is 2.35 bits per heavy atom. The number of aromatic amines is 1. The molecule has 0 amide bonds. The smallest absolute Gasteiger partial charge is 0.209 e. The summed E-state index contributed by atoms with van der Waals surface area (Å²) in [4.78, 5) is 7.93. The number of rotatable bonds is 4. The molecule has 1 unspecified atom stereocenters. The predicted molar refractivity (Wildman–Crippen MR) is 104 cm³/mol. The number of nitrogens with zero attached hydrogens (tertiary/aromatic N) is 1. The minimum absolute atomic E-state index is 0.244. The van der Waals surface area contributed by atoms with Gasteiger partial charge in [-0.3, -0.25) is 0 Å². The van der Waals surface area contributed by atoms with Crippen LogP contribution in [0.5, 0.6) is 0 Å². The number of imidazole rings is 1. The van der Waals surface area contributed by atoms with Gasteiger partial charge in [0.25, 0.3) is 0 Å². The van der Waals surface area contributed by atoms with Gasteiger partial charge < -0.3 is 4.98 Å². The maximum Gasteiger partial charge on any atom is 0.209 e. The van der Waals surface area contributed by atoms with Gasteiger partial charge >= 0.3 is 0 Å². The van der Waals surface area contributed by atoms with Crippen molar-refractivity contribution in [2.45, 2.75) is 12.5 Å². The van der Waals surface area contributed by atoms with Crippen molar-refractivity contribution < 1.29 is 8.42 Å². The second kappa shape index (κ2) is 6.55. The van der Waals surface area contributed by atoms with E-state index in [2.05, 4.69) is 39.0 Å². The molecule has 0 aliphatic heterocycles. The van der Waals surface area contributed by atoms with Gasteiger partial charge in [-0.25, -0.2) is 18.1 Å². The van der Waals surface area contributed by atoms with Gasteiger partial charge in [0, 0.05) is 11.6 Å². The number of hydrogen-bond donors (Lipinski definition) is 2. The van der Waals surface area contributed by atoms with Crippen molar-refractivity contribution in [2.75, 3.05) is 6.26 Å². The molecule has 4 rings (SSSR count). The molecule has 0 spiro atoms. The van der Waals surface area contributed by atoms with E-state index < -0.39 is 10.0 Å². The summed E-state index contributed by atoms with van der Waals surface area (Å²) in [6.45, 7) is 0. The predicted octanol–water partition coefficient (Wildman–Crippen LogP) is 1.63. The van der Waals surface area contributed by atoms with Crippen LogP contribution in [0.15, 0.2) is 54.6 Å². The zero-order valence-corrected chi connectivity index (χ0v) is 15.1.